The van der Waals surface area contributed by atoms with Crippen LogP contribution in [0.1, 0.15) is 25.8 Å². The van der Waals surface area contributed by atoms with Crippen molar-refractivity contribution in [2.75, 3.05) is 20.3 Å². The molecule has 0 bridgehead atoms. The molecule has 1 unspecified atom stereocenters. The minimum Gasteiger partial charge on any atom is -0.493 e. The molecule has 5 heteroatoms. The Hall–Kier alpha value is -1.75. The highest BCUT2D eigenvalue weighted by Crippen LogP contribution is 2.30. The zero-order valence-electron chi connectivity index (χ0n) is 12.8. The van der Waals surface area contributed by atoms with Gasteiger partial charge in [-0.3, -0.25) is 0 Å². The molecule has 1 N–H and O–H groups in total. The van der Waals surface area contributed by atoms with E-state index >= 15 is 0 Å². The molecule has 21 heavy (non-hydrogen) atoms. The van der Waals surface area contributed by atoms with Crippen molar-refractivity contribution in [1.29, 1.82) is 0 Å². The van der Waals surface area contributed by atoms with Gasteiger partial charge >= 0.3 is 5.97 Å². The van der Waals surface area contributed by atoms with Crippen LogP contribution in [0.5, 0.6) is 11.5 Å². The first-order valence-corrected chi connectivity index (χ1v) is 7.31. The molecule has 1 aromatic rings. The molecular weight excluding hydrogens is 270 g/mol. The highest BCUT2D eigenvalue weighted by Gasteiger charge is 2.29. The van der Waals surface area contributed by atoms with E-state index in [9.17, 15) is 4.79 Å². The number of ether oxygens (including phenoxy) is 3. The first-order chi connectivity index (χ1) is 10.1. The Balaban J connectivity index is 2.00. The van der Waals surface area contributed by atoms with Gasteiger partial charge in [-0.25, -0.2) is 4.79 Å². The number of carbonyl (C=O) groups is 1. The fraction of sp³-hybridized carbons (Fsp3) is 0.562. The van der Waals surface area contributed by atoms with Gasteiger partial charge in [0.1, 0.15) is 0 Å². The summed E-state index contributed by atoms with van der Waals surface area (Å²) in [6.07, 6.45) is 0.0588. The molecule has 0 amide bonds. The van der Waals surface area contributed by atoms with Crippen molar-refractivity contribution in [2.24, 2.45) is 5.92 Å². The Labute approximate surface area is 125 Å². The maximum Gasteiger partial charge on any atom is 0.347 e. The average molecular weight is 293 g/mol. The van der Waals surface area contributed by atoms with E-state index in [1.165, 1.54) is 0 Å². The van der Waals surface area contributed by atoms with E-state index in [0.29, 0.717) is 30.4 Å². The predicted octanol–water partition coefficient (Wildman–Crippen LogP) is 2.14. The normalized spacial score (nSPS) is 17.9. The summed E-state index contributed by atoms with van der Waals surface area (Å²) in [7, 11) is 1.60. The molecule has 1 heterocycles. The number of nitrogens with one attached hydrogen (secondary N) is 1. The van der Waals surface area contributed by atoms with Crippen LogP contribution in [-0.4, -0.2) is 32.3 Å². The minimum atomic E-state index is -0.524. The van der Waals surface area contributed by atoms with Gasteiger partial charge in [0.15, 0.2) is 17.6 Å². The van der Waals surface area contributed by atoms with E-state index in [2.05, 4.69) is 19.2 Å². The molecule has 2 rings (SSSR count). The summed E-state index contributed by atoms with van der Waals surface area (Å²) in [5.41, 5.74) is 1.12. The van der Waals surface area contributed by atoms with Gasteiger partial charge in [-0.2, -0.15) is 0 Å². The molecule has 0 aromatic heterocycles. The number of rotatable bonds is 7. The lowest BCUT2D eigenvalue weighted by atomic mass is 10.1. The lowest BCUT2D eigenvalue weighted by molar-refractivity contribution is -0.143. The van der Waals surface area contributed by atoms with Gasteiger partial charge in [0, 0.05) is 13.0 Å². The Morgan fingerprint density at radius 3 is 2.81 bits per heavy atom. The van der Waals surface area contributed by atoms with Gasteiger partial charge in [0.25, 0.3) is 0 Å². The van der Waals surface area contributed by atoms with Crippen LogP contribution in [0.3, 0.4) is 0 Å². The molecule has 0 spiro atoms. The monoisotopic (exact) mass is 293 g/mol. The van der Waals surface area contributed by atoms with Crippen LogP contribution in [0, 0.1) is 5.92 Å². The van der Waals surface area contributed by atoms with Crippen LogP contribution in [0.25, 0.3) is 0 Å². The number of esters is 1. The van der Waals surface area contributed by atoms with Crippen LogP contribution in [-0.2, 0) is 16.1 Å². The summed E-state index contributed by atoms with van der Waals surface area (Å²) in [5, 5.41) is 3.38. The van der Waals surface area contributed by atoms with Crippen LogP contribution < -0.4 is 14.8 Å². The number of cyclic esters (lactones) is 1. The van der Waals surface area contributed by atoms with Gasteiger partial charge in [-0.05, 0) is 30.2 Å². The zero-order chi connectivity index (χ0) is 15.2. The van der Waals surface area contributed by atoms with Gasteiger partial charge < -0.3 is 19.5 Å². The SMILES string of the molecule is COc1cc(CNCC(C)C)ccc1OC1CCOC1=O. The van der Waals surface area contributed by atoms with E-state index in [4.69, 9.17) is 14.2 Å². The highest BCUT2D eigenvalue weighted by atomic mass is 16.6. The van der Waals surface area contributed by atoms with E-state index in [-0.39, 0.29) is 5.97 Å². The minimum absolute atomic E-state index is 0.306. The molecule has 116 valence electrons. The van der Waals surface area contributed by atoms with E-state index in [1.807, 2.05) is 18.2 Å². The molecule has 1 saturated heterocycles. The molecule has 0 aliphatic carbocycles. The summed E-state index contributed by atoms with van der Waals surface area (Å²) < 4.78 is 15.9. The van der Waals surface area contributed by atoms with E-state index in [1.54, 1.807) is 7.11 Å². The maximum atomic E-state index is 11.5. The van der Waals surface area contributed by atoms with Gasteiger partial charge in [-0.15, -0.1) is 0 Å². The fourth-order valence-corrected chi connectivity index (χ4v) is 2.16. The molecule has 5 nitrogen and oxygen atoms in total. The molecular formula is C16H23NO4. The predicted molar refractivity (Wildman–Crippen MR) is 79.5 cm³/mol. The van der Waals surface area contributed by atoms with Crippen molar-refractivity contribution >= 4 is 5.97 Å². The number of methoxy groups -OCH3 is 1. The third-order valence-corrected chi connectivity index (χ3v) is 3.27. The Bertz CT molecular complexity index is 487. The van der Waals surface area contributed by atoms with Crippen molar-refractivity contribution in [3.05, 3.63) is 23.8 Å². The van der Waals surface area contributed by atoms with Crippen molar-refractivity contribution in [3.8, 4) is 11.5 Å². The summed E-state index contributed by atoms with van der Waals surface area (Å²) in [5.74, 6) is 1.52. The van der Waals surface area contributed by atoms with Crippen molar-refractivity contribution < 1.29 is 19.0 Å². The summed E-state index contributed by atoms with van der Waals surface area (Å²) in [4.78, 5) is 11.5. The summed E-state index contributed by atoms with van der Waals surface area (Å²) in [6, 6.07) is 5.76. The fourth-order valence-electron chi connectivity index (χ4n) is 2.16. The van der Waals surface area contributed by atoms with E-state index in [0.717, 1.165) is 18.7 Å². The van der Waals surface area contributed by atoms with Crippen molar-refractivity contribution in [3.63, 3.8) is 0 Å². The second kappa shape index (κ2) is 7.31. The second-order valence-electron chi connectivity index (χ2n) is 5.57. The van der Waals surface area contributed by atoms with Crippen LogP contribution >= 0.6 is 0 Å². The number of hydrogen-bond donors (Lipinski definition) is 1. The lowest BCUT2D eigenvalue weighted by Crippen LogP contribution is -2.22. The van der Waals surface area contributed by atoms with Crippen molar-refractivity contribution in [1.82, 2.24) is 5.32 Å². The molecule has 1 aromatic carbocycles. The molecule has 1 aliphatic heterocycles. The first-order valence-electron chi connectivity index (χ1n) is 7.31. The lowest BCUT2D eigenvalue weighted by Gasteiger charge is -2.15. The summed E-state index contributed by atoms with van der Waals surface area (Å²) >= 11 is 0. The van der Waals surface area contributed by atoms with Gasteiger partial charge in [-0.1, -0.05) is 19.9 Å². The van der Waals surface area contributed by atoms with Crippen molar-refractivity contribution in [2.45, 2.75) is 32.9 Å². The van der Waals surface area contributed by atoms with Crippen LogP contribution in [0.15, 0.2) is 18.2 Å². The number of carbonyl (C=O) groups excluding carboxylic acids is 1. The third-order valence-electron chi connectivity index (χ3n) is 3.27. The number of benzene rings is 1. The molecule has 1 fully saturated rings. The largest absolute Gasteiger partial charge is 0.493 e. The maximum absolute atomic E-state index is 11.5. The molecule has 0 radical (unpaired) electrons. The van der Waals surface area contributed by atoms with Gasteiger partial charge in [0.05, 0.1) is 13.7 Å². The number of hydrogen-bond acceptors (Lipinski definition) is 5. The van der Waals surface area contributed by atoms with Gasteiger partial charge in [0.2, 0.25) is 0 Å². The Morgan fingerprint density at radius 1 is 1.38 bits per heavy atom. The second-order valence-corrected chi connectivity index (χ2v) is 5.57. The molecule has 1 aliphatic rings. The Morgan fingerprint density at radius 2 is 2.19 bits per heavy atom. The third kappa shape index (κ3) is 4.36. The highest BCUT2D eigenvalue weighted by molar-refractivity contribution is 5.77. The standard InChI is InChI=1S/C16H23NO4/c1-11(2)9-17-10-12-4-5-13(15(8-12)19-3)21-14-6-7-20-16(14)18/h4-5,8,11,14,17H,6-7,9-10H2,1-3H3. The van der Waals surface area contributed by atoms with E-state index < -0.39 is 6.10 Å². The smallest absolute Gasteiger partial charge is 0.347 e. The topological polar surface area (TPSA) is 56.8 Å². The average Bonchev–Trinajstić information content (AvgIpc) is 2.85. The Kier molecular flexibility index (Phi) is 5.44. The molecule has 1 atom stereocenters. The first kappa shape index (κ1) is 15.6. The van der Waals surface area contributed by atoms with Crippen LogP contribution in [0.4, 0.5) is 0 Å². The zero-order valence-corrected chi connectivity index (χ0v) is 12.8. The molecule has 0 saturated carbocycles. The summed E-state index contributed by atoms with van der Waals surface area (Å²) in [6.45, 7) is 6.51. The van der Waals surface area contributed by atoms with Crippen LogP contribution in [0.2, 0.25) is 0 Å². The quantitative estimate of drug-likeness (QED) is 0.781.